The number of benzene rings is 1. The Labute approximate surface area is 140 Å². The fraction of sp³-hybridized carbons (Fsp3) is 0.400. The number of halogens is 2. The molecule has 6 heteroatoms. The molecule has 1 N–H and O–H groups in total. The average Bonchev–Trinajstić information content (AvgIpc) is 2.95. The molecule has 21 heavy (non-hydrogen) atoms. The Morgan fingerprint density at radius 2 is 2.24 bits per heavy atom. The van der Waals surface area contributed by atoms with Crippen LogP contribution < -0.4 is 10.1 Å². The summed E-state index contributed by atoms with van der Waals surface area (Å²) in [6.07, 6.45) is 6.74. The predicted molar refractivity (Wildman–Crippen MR) is 91.1 cm³/mol. The maximum Gasteiger partial charge on any atom is 0.133 e. The van der Waals surface area contributed by atoms with E-state index in [1.807, 2.05) is 31.7 Å². The van der Waals surface area contributed by atoms with E-state index in [1.54, 1.807) is 0 Å². The molecule has 0 aliphatic rings. The summed E-state index contributed by atoms with van der Waals surface area (Å²) in [7, 11) is 0. The summed E-state index contributed by atoms with van der Waals surface area (Å²) in [5.74, 6) is 0.899. The maximum absolute atomic E-state index is 5.50. The fourth-order valence-electron chi connectivity index (χ4n) is 1.97. The number of ether oxygens (including phenoxy) is 1. The number of imidazole rings is 1. The lowest BCUT2D eigenvalue weighted by atomic mass is 10.2. The molecule has 0 saturated heterocycles. The third-order valence-corrected chi connectivity index (χ3v) is 3.57. The van der Waals surface area contributed by atoms with Gasteiger partial charge in [0, 0.05) is 25.5 Å². The number of aryl methyl sites for hydroxylation is 1. The average molecular weight is 375 g/mol. The van der Waals surface area contributed by atoms with E-state index in [9.17, 15) is 0 Å². The molecule has 0 bridgehead atoms. The van der Waals surface area contributed by atoms with E-state index >= 15 is 0 Å². The summed E-state index contributed by atoms with van der Waals surface area (Å²) in [5.41, 5.74) is 1.25. The van der Waals surface area contributed by atoms with Crippen molar-refractivity contribution in [3.8, 4) is 5.75 Å². The minimum absolute atomic E-state index is 0. The lowest BCUT2D eigenvalue weighted by Gasteiger charge is -2.09. The first-order valence-electron chi connectivity index (χ1n) is 6.87. The highest BCUT2D eigenvalue weighted by Gasteiger charge is 2.01. The molecular weight excluding hydrogens is 354 g/mol. The van der Waals surface area contributed by atoms with Crippen LogP contribution in [0, 0.1) is 0 Å². The third kappa shape index (κ3) is 6.08. The molecule has 1 aromatic carbocycles. The molecule has 1 heterocycles. The van der Waals surface area contributed by atoms with E-state index in [1.165, 1.54) is 5.56 Å². The maximum atomic E-state index is 5.50. The van der Waals surface area contributed by atoms with Gasteiger partial charge in [-0.1, -0.05) is 6.07 Å². The molecule has 0 aliphatic carbocycles. The Balaban J connectivity index is 0.00000220. The molecule has 0 fully saturated rings. The number of nitrogens with one attached hydrogen (secondary N) is 1. The molecule has 0 amide bonds. The lowest BCUT2D eigenvalue weighted by Crippen LogP contribution is -2.16. The van der Waals surface area contributed by atoms with E-state index in [2.05, 4.69) is 42.9 Å². The largest absolute Gasteiger partial charge is 0.493 e. The minimum Gasteiger partial charge on any atom is -0.493 e. The van der Waals surface area contributed by atoms with Crippen LogP contribution in [0.5, 0.6) is 5.75 Å². The van der Waals surface area contributed by atoms with Gasteiger partial charge in [0.1, 0.15) is 5.75 Å². The van der Waals surface area contributed by atoms with Crippen LogP contribution in [0.4, 0.5) is 0 Å². The van der Waals surface area contributed by atoms with Crippen molar-refractivity contribution in [3.05, 3.63) is 47.0 Å². The van der Waals surface area contributed by atoms with Crippen molar-refractivity contribution in [2.45, 2.75) is 26.4 Å². The van der Waals surface area contributed by atoms with E-state index in [0.717, 1.165) is 36.3 Å². The quantitative estimate of drug-likeness (QED) is 0.717. The molecule has 0 unspecified atom stereocenters. The van der Waals surface area contributed by atoms with Crippen molar-refractivity contribution in [2.24, 2.45) is 0 Å². The molecule has 4 nitrogen and oxygen atoms in total. The second kappa shape index (κ2) is 9.82. The molecular formula is C15H21BrClN3O. The zero-order valence-corrected chi connectivity index (χ0v) is 14.5. The number of hydrogen-bond donors (Lipinski definition) is 1. The zero-order chi connectivity index (χ0) is 14.2. The van der Waals surface area contributed by atoms with Gasteiger partial charge in [-0.2, -0.15) is 0 Å². The van der Waals surface area contributed by atoms with Gasteiger partial charge in [-0.3, -0.25) is 0 Å². The fourth-order valence-corrected chi connectivity index (χ4v) is 2.51. The van der Waals surface area contributed by atoms with E-state index in [-0.39, 0.29) is 12.4 Å². The second-order valence-electron chi connectivity index (χ2n) is 4.53. The standard InChI is InChI=1S/C15H20BrN3O.ClH/c1-2-20-15-5-4-13(10-14(15)16)11-17-6-3-8-19-9-7-18-12-19;/h4-5,7,9-10,12,17H,2-3,6,8,11H2,1H3;1H. The van der Waals surface area contributed by atoms with Crippen molar-refractivity contribution < 1.29 is 4.74 Å². The molecule has 116 valence electrons. The van der Waals surface area contributed by atoms with Crippen molar-refractivity contribution in [1.29, 1.82) is 0 Å². The summed E-state index contributed by atoms with van der Waals surface area (Å²) < 4.78 is 8.60. The van der Waals surface area contributed by atoms with E-state index in [4.69, 9.17) is 4.74 Å². The van der Waals surface area contributed by atoms with Crippen LogP contribution in [0.3, 0.4) is 0 Å². The molecule has 0 aliphatic heterocycles. The summed E-state index contributed by atoms with van der Waals surface area (Å²) in [5, 5.41) is 3.45. The monoisotopic (exact) mass is 373 g/mol. The summed E-state index contributed by atoms with van der Waals surface area (Å²) >= 11 is 3.53. The first kappa shape index (κ1) is 18.0. The Morgan fingerprint density at radius 1 is 1.38 bits per heavy atom. The SMILES string of the molecule is CCOc1ccc(CNCCCn2ccnc2)cc1Br.Cl. The number of nitrogens with zero attached hydrogens (tertiary/aromatic N) is 2. The first-order valence-corrected chi connectivity index (χ1v) is 7.66. The van der Waals surface area contributed by atoms with Crippen molar-refractivity contribution >= 4 is 28.3 Å². The number of aromatic nitrogens is 2. The van der Waals surface area contributed by atoms with Gasteiger partial charge >= 0.3 is 0 Å². The van der Waals surface area contributed by atoms with Gasteiger partial charge in [-0.05, 0) is 53.5 Å². The highest BCUT2D eigenvalue weighted by atomic mass is 79.9. The van der Waals surface area contributed by atoms with Crippen molar-refractivity contribution in [3.63, 3.8) is 0 Å². The van der Waals surface area contributed by atoms with E-state index < -0.39 is 0 Å². The van der Waals surface area contributed by atoms with Crippen molar-refractivity contribution in [1.82, 2.24) is 14.9 Å². The smallest absolute Gasteiger partial charge is 0.133 e. The van der Waals surface area contributed by atoms with Crippen LogP contribution in [0.1, 0.15) is 18.9 Å². The lowest BCUT2D eigenvalue weighted by molar-refractivity contribution is 0.338. The molecule has 2 rings (SSSR count). The Hall–Kier alpha value is -1.04. The zero-order valence-electron chi connectivity index (χ0n) is 12.1. The molecule has 2 aromatic rings. The predicted octanol–water partition coefficient (Wildman–Crippen LogP) is 3.65. The molecule has 1 aromatic heterocycles. The Morgan fingerprint density at radius 3 is 2.90 bits per heavy atom. The highest BCUT2D eigenvalue weighted by Crippen LogP contribution is 2.25. The Kier molecular flexibility index (Phi) is 8.42. The van der Waals surface area contributed by atoms with Gasteiger partial charge in [0.15, 0.2) is 0 Å². The van der Waals surface area contributed by atoms with Crippen LogP contribution in [-0.2, 0) is 13.1 Å². The molecule has 0 saturated carbocycles. The van der Waals surface area contributed by atoms with Gasteiger partial charge in [0.25, 0.3) is 0 Å². The summed E-state index contributed by atoms with van der Waals surface area (Å²) in [6, 6.07) is 6.21. The summed E-state index contributed by atoms with van der Waals surface area (Å²) in [4.78, 5) is 4.03. The van der Waals surface area contributed by atoms with Gasteiger partial charge in [-0.15, -0.1) is 12.4 Å². The minimum atomic E-state index is 0. The van der Waals surface area contributed by atoms with Crippen LogP contribution in [0.25, 0.3) is 0 Å². The number of hydrogen-bond acceptors (Lipinski definition) is 3. The van der Waals surface area contributed by atoms with Crippen LogP contribution in [0.2, 0.25) is 0 Å². The summed E-state index contributed by atoms with van der Waals surface area (Å²) in [6.45, 7) is 5.53. The highest BCUT2D eigenvalue weighted by molar-refractivity contribution is 9.10. The van der Waals surface area contributed by atoms with Crippen LogP contribution >= 0.6 is 28.3 Å². The first-order chi connectivity index (χ1) is 9.79. The van der Waals surface area contributed by atoms with E-state index in [0.29, 0.717) is 6.61 Å². The van der Waals surface area contributed by atoms with Crippen molar-refractivity contribution in [2.75, 3.05) is 13.2 Å². The Bertz CT molecular complexity index is 520. The molecule has 0 atom stereocenters. The molecule has 0 radical (unpaired) electrons. The van der Waals surface area contributed by atoms with Gasteiger partial charge in [-0.25, -0.2) is 4.98 Å². The normalized spacial score (nSPS) is 10.2. The van der Waals surface area contributed by atoms with Crippen LogP contribution in [0.15, 0.2) is 41.4 Å². The molecule has 0 spiro atoms. The second-order valence-corrected chi connectivity index (χ2v) is 5.38. The van der Waals surface area contributed by atoms with Gasteiger partial charge < -0.3 is 14.6 Å². The van der Waals surface area contributed by atoms with Gasteiger partial charge in [0.2, 0.25) is 0 Å². The van der Waals surface area contributed by atoms with Gasteiger partial charge in [0.05, 0.1) is 17.4 Å². The van der Waals surface area contributed by atoms with Crippen LogP contribution in [-0.4, -0.2) is 22.7 Å². The number of rotatable bonds is 8. The third-order valence-electron chi connectivity index (χ3n) is 2.95. The topological polar surface area (TPSA) is 39.1 Å².